The maximum Gasteiger partial charge on any atom is 0.306 e. The Morgan fingerprint density at radius 1 is 1.29 bits per heavy atom. The molecule has 1 N–H and O–H groups in total. The highest BCUT2D eigenvalue weighted by Gasteiger charge is 2.34. The number of nitrogens with zero attached hydrogens (tertiary/aromatic N) is 3. The van der Waals surface area contributed by atoms with E-state index >= 15 is 0 Å². The fraction of sp³-hybridized carbons (Fsp3) is 0.471. The first-order valence-electron chi connectivity index (χ1n) is 8.21. The molecule has 24 heavy (non-hydrogen) atoms. The number of rotatable bonds is 4. The lowest BCUT2D eigenvalue weighted by Crippen LogP contribution is -2.67. The molecule has 1 saturated heterocycles. The van der Waals surface area contributed by atoms with Crippen LogP contribution in [0.4, 0.5) is 5.88 Å². The van der Waals surface area contributed by atoms with Crippen LogP contribution in [0.5, 0.6) is 5.75 Å². The van der Waals surface area contributed by atoms with E-state index in [-0.39, 0.29) is 5.91 Å². The minimum atomic E-state index is -0.249. The zero-order valence-corrected chi connectivity index (χ0v) is 14.2. The number of benzene rings is 1. The number of hydrogen-bond acceptors (Lipinski definition) is 5. The molecular weight excluding hydrogens is 308 g/mol. The Morgan fingerprint density at radius 3 is 2.58 bits per heavy atom. The topological polar surface area (TPSA) is 71.5 Å². The Balaban J connectivity index is 1.70. The molecule has 1 aliphatic rings. The summed E-state index contributed by atoms with van der Waals surface area (Å²) in [7, 11) is 1.59. The molecule has 0 radical (unpaired) electrons. The van der Waals surface area contributed by atoms with E-state index in [1.165, 1.54) is 6.42 Å². The molecular formula is C17H23N4O3+. The van der Waals surface area contributed by atoms with Gasteiger partial charge in [0.25, 0.3) is 12.1 Å². The summed E-state index contributed by atoms with van der Waals surface area (Å²) < 4.78 is 10.4. The molecule has 0 bridgehead atoms. The number of carbonyl (C=O) groups excluding carboxylic acids is 1. The lowest BCUT2D eigenvalue weighted by molar-refractivity contribution is -0.765. The number of carbonyl (C=O) groups is 1. The van der Waals surface area contributed by atoms with Crippen LogP contribution in [0.2, 0.25) is 0 Å². The van der Waals surface area contributed by atoms with E-state index in [9.17, 15) is 4.79 Å². The van der Waals surface area contributed by atoms with Crippen molar-refractivity contribution in [2.24, 2.45) is 0 Å². The molecule has 0 aliphatic carbocycles. The van der Waals surface area contributed by atoms with E-state index in [4.69, 9.17) is 9.26 Å². The molecule has 1 aromatic carbocycles. The lowest BCUT2D eigenvalue weighted by Gasteiger charge is -2.31. The standard InChI is InChI=1S/C17H22N4O3/c1-12-5-4-6-13(2)21(12)20-11-16(24-19-20)18-17(22)14-7-9-15(23-3)10-8-14/h7-13H,4-6H2,1-3H3/p+1/t12-,13+. The number of anilines is 1. The summed E-state index contributed by atoms with van der Waals surface area (Å²) in [6.07, 6.45) is 5.17. The highest BCUT2D eigenvalue weighted by Crippen LogP contribution is 2.18. The van der Waals surface area contributed by atoms with Crippen molar-refractivity contribution in [3.05, 3.63) is 36.0 Å². The fourth-order valence-electron chi connectivity index (χ4n) is 3.14. The monoisotopic (exact) mass is 331 g/mol. The van der Waals surface area contributed by atoms with E-state index in [0.29, 0.717) is 29.3 Å². The average molecular weight is 331 g/mol. The first-order valence-corrected chi connectivity index (χ1v) is 8.21. The Morgan fingerprint density at radius 2 is 1.96 bits per heavy atom. The Kier molecular flexibility index (Phi) is 4.69. The summed E-state index contributed by atoms with van der Waals surface area (Å²) in [6, 6.07) is 7.66. The van der Waals surface area contributed by atoms with E-state index in [1.54, 1.807) is 42.4 Å². The predicted molar refractivity (Wildman–Crippen MR) is 88.6 cm³/mol. The number of ether oxygens (including phenoxy) is 1. The molecule has 0 spiro atoms. The largest absolute Gasteiger partial charge is 0.497 e. The van der Waals surface area contributed by atoms with Gasteiger partial charge in [-0.05, 0) is 57.4 Å². The number of methoxy groups -OCH3 is 1. The first-order chi connectivity index (χ1) is 11.6. The summed E-state index contributed by atoms with van der Waals surface area (Å²) >= 11 is 0. The van der Waals surface area contributed by atoms with Gasteiger partial charge in [0, 0.05) is 5.56 Å². The van der Waals surface area contributed by atoms with Crippen molar-refractivity contribution < 1.29 is 18.8 Å². The molecule has 1 amide bonds. The molecule has 1 aromatic heterocycles. The molecule has 3 rings (SSSR count). The molecule has 0 unspecified atom stereocenters. The number of nitrogens with one attached hydrogen (secondary N) is 1. The number of aromatic nitrogens is 2. The Hall–Kier alpha value is -2.57. The van der Waals surface area contributed by atoms with Gasteiger partial charge < -0.3 is 4.74 Å². The normalized spacial score (nSPS) is 20.7. The molecule has 0 saturated carbocycles. The van der Waals surface area contributed by atoms with Gasteiger partial charge in [-0.25, -0.2) is 0 Å². The maximum absolute atomic E-state index is 12.3. The van der Waals surface area contributed by atoms with Gasteiger partial charge in [0.2, 0.25) is 5.27 Å². The molecule has 2 heterocycles. The van der Waals surface area contributed by atoms with E-state index in [0.717, 1.165) is 12.8 Å². The predicted octanol–water partition coefficient (Wildman–Crippen LogP) is 2.12. The highest BCUT2D eigenvalue weighted by atomic mass is 16.5. The average Bonchev–Trinajstić information content (AvgIpc) is 3.03. The first kappa shape index (κ1) is 16.3. The summed E-state index contributed by atoms with van der Waals surface area (Å²) in [5.41, 5.74) is 0.526. The molecule has 1 fully saturated rings. The molecule has 2 atom stereocenters. The smallest absolute Gasteiger partial charge is 0.306 e. The van der Waals surface area contributed by atoms with Crippen LogP contribution < -0.4 is 19.9 Å². The van der Waals surface area contributed by atoms with E-state index in [2.05, 4.69) is 29.4 Å². The van der Waals surface area contributed by atoms with Crippen LogP contribution >= 0.6 is 0 Å². The van der Waals surface area contributed by atoms with Gasteiger partial charge in [-0.2, -0.15) is 0 Å². The SMILES string of the molecule is COc1ccc(C(=O)Nc2c[n+](N3[C@H](C)CCC[C@@H]3C)no2)cc1. The summed E-state index contributed by atoms with van der Waals surface area (Å²) in [5.74, 6) is 0.776. The van der Waals surface area contributed by atoms with Gasteiger partial charge in [-0.1, -0.05) is 0 Å². The summed E-state index contributed by atoms with van der Waals surface area (Å²) in [4.78, 5) is 14.0. The molecule has 2 aromatic rings. The zero-order valence-electron chi connectivity index (χ0n) is 14.2. The van der Waals surface area contributed by atoms with Crippen molar-refractivity contribution in [1.29, 1.82) is 0 Å². The lowest BCUT2D eigenvalue weighted by atomic mass is 10.00. The fourth-order valence-corrected chi connectivity index (χ4v) is 3.14. The van der Waals surface area contributed by atoms with Crippen molar-refractivity contribution in [2.75, 3.05) is 17.4 Å². The van der Waals surface area contributed by atoms with Crippen LogP contribution in [-0.2, 0) is 0 Å². The van der Waals surface area contributed by atoms with Gasteiger partial charge in [0.15, 0.2) is 0 Å². The third-order valence-electron chi connectivity index (χ3n) is 4.43. The van der Waals surface area contributed by atoms with Gasteiger partial charge in [-0.3, -0.25) is 14.6 Å². The van der Waals surface area contributed by atoms with Crippen LogP contribution in [0.3, 0.4) is 0 Å². The minimum absolute atomic E-state index is 0.249. The number of amides is 1. The summed E-state index contributed by atoms with van der Waals surface area (Å²) in [5, 5.41) is 8.95. The van der Waals surface area contributed by atoms with Crippen molar-refractivity contribution in [3.63, 3.8) is 0 Å². The summed E-state index contributed by atoms with van der Waals surface area (Å²) in [6.45, 7) is 4.35. The van der Waals surface area contributed by atoms with Crippen molar-refractivity contribution >= 4 is 11.8 Å². The Bertz CT molecular complexity index is 688. The van der Waals surface area contributed by atoms with Crippen molar-refractivity contribution in [2.45, 2.75) is 45.2 Å². The van der Waals surface area contributed by atoms with E-state index in [1.807, 2.05) is 0 Å². The quantitative estimate of drug-likeness (QED) is 0.869. The van der Waals surface area contributed by atoms with Crippen molar-refractivity contribution in [3.8, 4) is 5.75 Å². The maximum atomic E-state index is 12.3. The second-order valence-electron chi connectivity index (χ2n) is 6.18. The van der Waals surface area contributed by atoms with Gasteiger partial charge >= 0.3 is 5.88 Å². The second-order valence-corrected chi connectivity index (χ2v) is 6.18. The van der Waals surface area contributed by atoms with Crippen LogP contribution in [-0.4, -0.2) is 30.4 Å². The Labute approximate surface area is 141 Å². The number of hydrogen-bond donors (Lipinski definition) is 1. The molecule has 128 valence electrons. The van der Waals surface area contributed by atoms with Crippen LogP contribution in [0.25, 0.3) is 0 Å². The molecule has 7 heteroatoms. The second kappa shape index (κ2) is 6.90. The molecule has 7 nitrogen and oxygen atoms in total. The minimum Gasteiger partial charge on any atom is -0.497 e. The molecule has 1 aliphatic heterocycles. The van der Waals surface area contributed by atoms with Gasteiger partial charge in [0.1, 0.15) is 5.75 Å². The van der Waals surface area contributed by atoms with Crippen LogP contribution in [0.1, 0.15) is 43.5 Å². The third-order valence-corrected chi connectivity index (χ3v) is 4.43. The van der Waals surface area contributed by atoms with E-state index < -0.39 is 0 Å². The number of piperidine rings is 1. The van der Waals surface area contributed by atoms with Crippen LogP contribution in [0, 0.1) is 0 Å². The highest BCUT2D eigenvalue weighted by molar-refractivity contribution is 6.03. The third kappa shape index (κ3) is 3.34. The van der Waals surface area contributed by atoms with Crippen LogP contribution in [0.15, 0.2) is 35.0 Å². The van der Waals surface area contributed by atoms with Gasteiger partial charge in [0.05, 0.1) is 24.0 Å². The van der Waals surface area contributed by atoms with Crippen molar-refractivity contribution in [1.82, 2.24) is 5.27 Å². The zero-order chi connectivity index (χ0) is 17.1. The van der Waals surface area contributed by atoms with Gasteiger partial charge in [-0.15, -0.1) is 5.01 Å².